The molecule has 174 valence electrons. The van der Waals surface area contributed by atoms with Crippen LogP contribution in [-0.2, 0) is 9.59 Å². The largest absolute Gasteiger partial charge is 0.507 e. The molecule has 0 bridgehead atoms. The van der Waals surface area contributed by atoms with Crippen LogP contribution in [0.1, 0.15) is 28.3 Å². The second-order valence-electron chi connectivity index (χ2n) is 8.10. The van der Waals surface area contributed by atoms with Crippen LogP contribution in [0.15, 0.2) is 66.2 Å². The summed E-state index contributed by atoms with van der Waals surface area (Å²) in [6, 6.07) is 15.1. The molecule has 0 aromatic heterocycles. The van der Waals surface area contributed by atoms with E-state index in [2.05, 4.69) is 0 Å². The van der Waals surface area contributed by atoms with Crippen molar-refractivity contribution < 1.29 is 28.6 Å². The normalized spacial score (nSPS) is 17.2. The maximum absolute atomic E-state index is 14.1. The third kappa shape index (κ3) is 3.90. The van der Waals surface area contributed by atoms with Crippen molar-refractivity contribution in [2.24, 2.45) is 0 Å². The number of nitrogens with zero attached hydrogens (tertiary/aromatic N) is 1. The van der Waals surface area contributed by atoms with Crippen LogP contribution in [0, 0.1) is 19.7 Å². The van der Waals surface area contributed by atoms with E-state index in [4.69, 9.17) is 9.47 Å². The molecule has 0 radical (unpaired) electrons. The zero-order valence-corrected chi connectivity index (χ0v) is 19.3. The highest BCUT2D eigenvalue weighted by Crippen LogP contribution is 2.46. The van der Waals surface area contributed by atoms with E-state index >= 15 is 0 Å². The van der Waals surface area contributed by atoms with E-state index in [-0.39, 0.29) is 16.9 Å². The number of rotatable bonds is 5. The van der Waals surface area contributed by atoms with Crippen molar-refractivity contribution in [1.29, 1.82) is 0 Å². The number of benzene rings is 3. The number of halogens is 1. The van der Waals surface area contributed by atoms with E-state index in [0.717, 1.165) is 17.2 Å². The van der Waals surface area contributed by atoms with E-state index in [1.165, 1.54) is 31.3 Å². The number of ketones is 1. The highest BCUT2D eigenvalue weighted by molar-refractivity contribution is 6.51. The summed E-state index contributed by atoms with van der Waals surface area (Å²) in [6.07, 6.45) is 0. The summed E-state index contributed by atoms with van der Waals surface area (Å²) in [5, 5.41) is 11.3. The number of hydrogen-bond acceptors (Lipinski definition) is 5. The Morgan fingerprint density at radius 3 is 2.21 bits per heavy atom. The first-order valence-corrected chi connectivity index (χ1v) is 10.6. The van der Waals surface area contributed by atoms with Crippen molar-refractivity contribution in [1.82, 2.24) is 0 Å². The molecule has 1 N–H and O–H groups in total. The lowest BCUT2D eigenvalue weighted by molar-refractivity contribution is -0.132. The molecular weight excluding hydrogens is 437 g/mol. The number of anilines is 1. The Labute approximate surface area is 196 Å². The van der Waals surface area contributed by atoms with Gasteiger partial charge in [0.25, 0.3) is 11.7 Å². The van der Waals surface area contributed by atoms with Gasteiger partial charge in [-0.05, 0) is 61.4 Å². The van der Waals surface area contributed by atoms with Crippen LogP contribution < -0.4 is 14.4 Å². The van der Waals surface area contributed by atoms with E-state index in [1.54, 1.807) is 36.4 Å². The SMILES string of the molecule is COc1ccc(F)cc1/C(O)=C1\C(=O)C(=O)N(c2cc(C)cc(C)c2)C1c1ccccc1OC. The monoisotopic (exact) mass is 461 g/mol. The van der Waals surface area contributed by atoms with Gasteiger partial charge in [-0.25, -0.2) is 4.39 Å². The fraction of sp³-hybridized carbons (Fsp3) is 0.185. The molecule has 1 aliphatic heterocycles. The molecule has 4 rings (SSSR count). The molecular formula is C27H24FNO5. The fourth-order valence-corrected chi connectivity index (χ4v) is 4.39. The Morgan fingerprint density at radius 2 is 1.56 bits per heavy atom. The van der Waals surface area contributed by atoms with Gasteiger partial charge in [-0.3, -0.25) is 14.5 Å². The van der Waals surface area contributed by atoms with Gasteiger partial charge in [0.1, 0.15) is 23.1 Å². The number of ether oxygens (including phenoxy) is 2. The zero-order valence-electron chi connectivity index (χ0n) is 19.3. The Hall–Kier alpha value is -4.13. The van der Waals surface area contributed by atoms with Gasteiger partial charge in [-0.2, -0.15) is 0 Å². The van der Waals surface area contributed by atoms with Gasteiger partial charge in [-0.15, -0.1) is 0 Å². The number of aliphatic hydroxyl groups is 1. The number of para-hydroxylation sites is 1. The number of methoxy groups -OCH3 is 2. The Balaban J connectivity index is 2.05. The van der Waals surface area contributed by atoms with Crippen LogP contribution in [0.3, 0.4) is 0 Å². The van der Waals surface area contributed by atoms with Crippen LogP contribution in [0.5, 0.6) is 11.5 Å². The molecule has 34 heavy (non-hydrogen) atoms. The van der Waals surface area contributed by atoms with Crippen LogP contribution in [-0.4, -0.2) is 31.0 Å². The van der Waals surface area contributed by atoms with Gasteiger partial charge in [0.05, 0.1) is 31.4 Å². The highest BCUT2D eigenvalue weighted by Gasteiger charge is 2.48. The lowest BCUT2D eigenvalue weighted by Gasteiger charge is -2.27. The van der Waals surface area contributed by atoms with Crippen LogP contribution >= 0.6 is 0 Å². The van der Waals surface area contributed by atoms with Gasteiger partial charge in [0.2, 0.25) is 0 Å². The predicted octanol–water partition coefficient (Wildman–Crippen LogP) is 5.09. The smallest absolute Gasteiger partial charge is 0.300 e. The molecule has 0 aliphatic carbocycles. The number of aliphatic hydroxyl groups excluding tert-OH is 1. The fourth-order valence-electron chi connectivity index (χ4n) is 4.39. The van der Waals surface area contributed by atoms with Crippen LogP contribution in [0.2, 0.25) is 0 Å². The molecule has 3 aromatic carbocycles. The summed E-state index contributed by atoms with van der Waals surface area (Å²) in [4.78, 5) is 28.1. The minimum Gasteiger partial charge on any atom is -0.507 e. The van der Waals surface area contributed by atoms with E-state index in [0.29, 0.717) is 17.0 Å². The minimum absolute atomic E-state index is 0.0270. The maximum atomic E-state index is 14.1. The van der Waals surface area contributed by atoms with E-state index in [1.807, 2.05) is 19.9 Å². The molecule has 1 unspecified atom stereocenters. The first kappa shape index (κ1) is 23.0. The zero-order chi connectivity index (χ0) is 24.6. The number of amides is 1. The van der Waals surface area contributed by atoms with Gasteiger partial charge < -0.3 is 14.6 Å². The molecule has 0 spiro atoms. The predicted molar refractivity (Wildman–Crippen MR) is 127 cm³/mol. The number of hydrogen-bond donors (Lipinski definition) is 1. The number of Topliss-reactive ketones (excluding diaryl/α,β-unsaturated/α-hetero) is 1. The highest BCUT2D eigenvalue weighted by atomic mass is 19.1. The average Bonchev–Trinajstić information content (AvgIpc) is 3.08. The van der Waals surface area contributed by atoms with Crippen molar-refractivity contribution in [3.63, 3.8) is 0 Å². The summed E-state index contributed by atoms with van der Waals surface area (Å²) in [5.74, 6) is -2.26. The molecule has 1 heterocycles. The molecule has 0 saturated carbocycles. The topological polar surface area (TPSA) is 76.1 Å². The minimum atomic E-state index is -1.01. The maximum Gasteiger partial charge on any atom is 0.300 e. The van der Waals surface area contributed by atoms with Crippen LogP contribution in [0.4, 0.5) is 10.1 Å². The van der Waals surface area contributed by atoms with E-state index < -0.39 is 29.3 Å². The molecule has 1 atom stereocenters. The Kier molecular flexibility index (Phi) is 6.11. The van der Waals surface area contributed by atoms with Gasteiger partial charge >= 0.3 is 0 Å². The lowest BCUT2D eigenvalue weighted by Crippen LogP contribution is -2.29. The average molecular weight is 461 g/mol. The standard InChI is InChI=1S/C27H24FNO5/c1-15-11-16(2)13-18(12-15)29-24(19-7-5-6-8-21(19)33-3)23(26(31)27(29)32)25(30)20-14-17(28)9-10-22(20)34-4/h5-14,24,30H,1-4H3/b25-23+. The quantitative estimate of drug-likeness (QED) is 0.326. The van der Waals surface area contributed by atoms with Gasteiger partial charge in [0, 0.05) is 11.3 Å². The van der Waals surface area contributed by atoms with Gasteiger partial charge in [0.15, 0.2) is 0 Å². The summed E-state index contributed by atoms with van der Waals surface area (Å²) in [5.41, 5.74) is 2.60. The number of carbonyl (C=O) groups excluding carboxylic acids is 2. The summed E-state index contributed by atoms with van der Waals surface area (Å²) >= 11 is 0. The molecule has 7 heteroatoms. The first-order valence-electron chi connectivity index (χ1n) is 10.6. The third-order valence-electron chi connectivity index (χ3n) is 5.78. The van der Waals surface area contributed by atoms with Crippen molar-refractivity contribution in [3.8, 4) is 11.5 Å². The molecule has 1 aliphatic rings. The van der Waals surface area contributed by atoms with Crippen molar-refractivity contribution in [2.45, 2.75) is 19.9 Å². The number of aryl methyl sites for hydroxylation is 2. The molecule has 1 amide bonds. The second kappa shape index (κ2) is 9.02. The lowest BCUT2D eigenvalue weighted by atomic mass is 9.94. The van der Waals surface area contributed by atoms with Crippen molar-refractivity contribution >= 4 is 23.1 Å². The second-order valence-corrected chi connectivity index (χ2v) is 8.10. The summed E-state index contributed by atoms with van der Waals surface area (Å²) in [7, 11) is 2.85. The molecule has 3 aromatic rings. The third-order valence-corrected chi connectivity index (χ3v) is 5.78. The first-order chi connectivity index (χ1) is 16.3. The van der Waals surface area contributed by atoms with Crippen molar-refractivity contribution in [3.05, 3.63) is 94.3 Å². The van der Waals surface area contributed by atoms with Crippen LogP contribution in [0.25, 0.3) is 5.76 Å². The molecule has 6 nitrogen and oxygen atoms in total. The van der Waals surface area contributed by atoms with Gasteiger partial charge in [-0.1, -0.05) is 24.3 Å². The van der Waals surface area contributed by atoms with Crippen molar-refractivity contribution in [2.75, 3.05) is 19.1 Å². The molecule has 1 fully saturated rings. The van der Waals surface area contributed by atoms with E-state index in [9.17, 15) is 19.1 Å². The Bertz CT molecular complexity index is 1310. The number of carbonyl (C=O) groups is 2. The summed E-state index contributed by atoms with van der Waals surface area (Å²) in [6.45, 7) is 3.78. The Morgan fingerprint density at radius 1 is 0.912 bits per heavy atom. The summed E-state index contributed by atoms with van der Waals surface area (Å²) < 4.78 is 24.9. The molecule has 1 saturated heterocycles.